The second-order valence-electron chi connectivity index (χ2n) is 5.32. The first-order valence-corrected chi connectivity index (χ1v) is 7.47. The Labute approximate surface area is 130 Å². The maximum absolute atomic E-state index is 10.3. The first-order chi connectivity index (χ1) is 10.8. The molecule has 1 atom stereocenters. The molecule has 4 nitrogen and oxygen atoms in total. The van der Waals surface area contributed by atoms with Gasteiger partial charge < -0.3 is 5.11 Å². The van der Waals surface area contributed by atoms with Crippen LogP contribution < -0.4 is 0 Å². The van der Waals surface area contributed by atoms with Gasteiger partial charge in [-0.15, -0.1) is 0 Å². The SMILES string of the molecule is OC(CCc1ccccc1)Cn1nccc1-c1cccnc1. The van der Waals surface area contributed by atoms with Crippen molar-refractivity contribution < 1.29 is 5.11 Å². The zero-order valence-electron chi connectivity index (χ0n) is 12.3. The highest BCUT2D eigenvalue weighted by atomic mass is 16.3. The van der Waals surface area contributed by atoms with Crippen LogP contribution in [0.4, 0.5) is 0 Å². The Balaban J connectivity index is 1.63. The van der Waals surface area contributed by atoms with E-state index in [1.807, 2.05) is 47.3 Å². The van der Waals surface area contributed by atoms with Crippen molar-refractivity contribution in [1.82, 2.24) is 14.8 Å². The lowest BCUT2D eigenvalue weighted by Crippen LogP contribution is -2.18. The standard InChI is InChI=1S/C18H19N3O/c22-17(9-8-15-5-2-1-3-6-15)14-21-18(10-12-20-21)16-7-4-11-19-13-16/h1-7,10-13,17,22H,8-9,14H2. The average molecular weight is 293 g/mol. The van der Waals surface area contributed by atoms with Gasteiger partial charge in [-0.05, 0) is 36.6 Å². The average Bonchev–Trinajstić information content (AvgIpc) is 3.03. The zero-order valence-corrected chi connectivity index (χ0v) is 12.3. The summed E-state index contributed by atoms with van der Waals surface area (Å²) >= 11 is 0. The number of hydrogen-bond acceptors (Lipinski definition) is 3. The lowest BCUT2D eigenvalue weighted by Gasteiger charge is -2.13. The number of aliphatic hydroxyl groups excluding tert-OH is 1. The third kappa shape index (κ3) is 3.59. The van der Waals surface area contributed by atoms with Gasteiger partial charge in [-0.3, -0.25) is 9.67 Å². The number of aromatic nitrogens is 3. The first-order valence-electron chi connectivity index (χ1n) is 7.47. The summed E-state index contributed by atoms with van der Waals surface area (Å²) in [6.45, 7) is 0.490. The molecule has 0 aliphatic heterocycles. The highest BCUT2D eigenvalue weighted by Gasteiger charge is 2.10. The maximum atomic E-state index is 10.3. The molecular formula is C18H19N3O. The van der Waals surface area contributed by atoms with E-state index in [1.165, 1.54) is 5.56 Å². The quantitative estimate of drug-likeness (QED) is 0.760. The van der Waals surface area contributed by atoms with Gasteiger partial charge in [0.1, 0.15) is 0 Å². The van der Waals surface area contributed by atoms with Crippen molar-refractivity contribution >= 4 is 0 Å². The van der Waals surface area contributed by atoms with Crippen LogP contribution in [0.25, 0.3) is 11.3 Å². The van der Waals surface area contributed by atoms with E-state index in [9.17, 15) is 5.11 Å². The van der Waals surface area contributed by atoms with E-state index in [2.05, 4.69) is 22.2 Å². The van der Waals surface area contributed by atoms with Crippen molar-refractivity contribution in [2.24, 2.45) is 0 Å². The number of aryl methyl sites for hydroxylation is 1. The normalized spacial score (nSPS) is 12.2. The molecule has 0 saturated carbocycles. The first kappa shape index (κ1) is 14.5. The van der Waals surface area contributed by atoms with Crippen molar-refractivity contribution in [3.05, 3.63) is 72.7 Å². The summed E-state index contributed by atoms with van der Waals surface area (Å²) in [6.07, 6.45) is 6.48. The highest BCUT2D eigenvalue weighted by molar-refractivity contribution is 5.57. The van der Waals surface area contributed by atoms with Gasteiger partial charge in [0, 0.05) is 24.2 Å². The van der Waals surface area contributed by atoms with Crippen molar-refractivity contribution in [2.75, 3.05) is 0 Å². The van der Waals surface area contributed by atoms with Crippen LogP contribution in [0.15, 0.2) is 67.1 Å². The minimum atomic E-state index is -0.421. The van der Waals surface area contributed by atoms with E-state index < -0.39 is 6.10 Å². The molecule has 3 rings (SSSR count). The Morgan fingerprint density at radius 3 is 2.64 bits per heavy atom. The molecule has 22 heavy (non-hydrogen) atoms. The van der Waals surface area contributed by atoms with Gasteiger partial charge in [0.05, 0.1) is 18.3 Å². The molecule has 0 radical (unpaired) electrons. The van der Waals surface area contributed by atoms with Gasteiger partial charge in [0.15, 0.2) is 0 Å². The fraction of sp³-hybridized carbons (Fsp3) is 0.222. The number of pyridine rings is 1. The van der Waals surface area contributed by atoms with Gasteiger partial charge in [-0.25, -0.2) is 0 Å². The monoisotopic (exact) mass is 293 g/mol. The van der Waals surface area contributed by atoms with Crippen molar-refractivity contribution in [3.63, 3.8) is 0 Å². The number of nitrogens with zero attached hydrogens (tertiary/aromatic N) is 3. The molecule has 0 saturated heterocycles. The van der Waals surface area contributed by atoms with Crippen molar-refractivity contribution in [1.29, 1.82) is 0 Å². The fourth-order valence-corrected chi connectivity index (χ4v) is 2.51. The molecular weight excluding hydrogens is 274 g/mol. The molecule has 0 amide bonds. The van der Waals surface area contributed by atoms with Crippen LogP contribution in [0.2, 0.25) is 0 Å². The highest BCUT2D eigenvalue weighted by Crippen LogP contribution is 2.18. The lowest BCUT2D eigenvalue weighted by molar-refractivity contribution is 0.140. The minimum Gasteiger partial charge on any atom is -0.391 e. The second-order valence-corrected chi connectivity index (χ2v) is 5.32. The third-order valence-corrected chi connectivity index (χ3v) is 3.67. The number of hydrogen-bond donors (Lipinski definition) is 1. The Morgan fingerprint density at radius 2 is 1.86 bits per heavy atom. The molecule has 0 aliphatic carbocycles. The molecule has 1 aromatic carbocycles. The van der Waals surface area contributed by atoms with Crippen LogP contribution in [0.5, 0.6) is 0 Å². The Hall–Kier alpha value is -2.46. The molecule has 3 aromatic rings. The van der Waals surface area contributed by atoms with Crippen LogP contribution in [-0.4, -0.2) is 26.0 Å². The largest absolute Gasteiger partial charge is 0.391 e. The van der Waals surface area contributed by atoms with Crippen LogP contribution in [0.3, 0.4) is 0 Å². The van der Waals surface area contributed by atoms with Gasteiger partial charge in [-0.2, -0.15) is 5.10 Å². The predicted octanol–water partition coefficient (Wildman–Crippen LogP) is 2.94. The minimum absolute atomic E-state index is 0.421. The number of rotatable bonds is 6. The molecule has 2 aromatic heterocycles. The molecule has 1 N–H and O–H groups in total. The maximum Gasteiger partial charge on any atom is 0.0739 e. The Kier molecular flexibility index (Phi) is 4.61. The van der Waals surface area contributed by atoms with Gasteiger partial charge >= 0.3 is 0 Å². The van der Waals surface area contributed by atoms with Crippen molar-refractivity contribution in [2.45, 2.75) is 25.5 Å². The fourth-order valence-electron chi connectivity index (χ4n) is 2.51. The molecule has 2 heterocycles. The molecule has 0 fully saturated rings. The summed E-state index contributed by atoms with van der Waals surface area (Å²) in [5, 5.41) is 14.6. The van der Waals surface area contributed by atoms with Gasteiger partial charge in [0.2, 0.25) is 0 Å². The van der Waals surface area contributed by atoms with Crippen LogP contribution >= 0.6 is 0 Å². The van der Waals surface area contributed by atoms with Gasteiger partial charge in [-0.1, -0.05) is 30.3 Å². The number of benzene rings is 1. The van der Waals surface area contributed by atoms with E-state index in [0.29, 0.717) is 6.54 Å². The van der Waals surface area contributed by atoms with E-state index >= 15 is 0 Å². The predicted molar refractivity (Wildman–Crippen MR) is 86.2 cm³/mol. The van der Waals surface area contributed by atoms with E-state index in [1.54, 1.807) is 12.4 Å². The van der Waals surface area contributed by atoms with Crippen LogP contribution in [-0.2, 0) is 13.0 Å². The smallest absolute Gasteiger partial charge is 0.0739 e. The van der Waals surface area contributed by atoms with Crippen molar-refractivity contribution in [3.8, 4) is 11.3 Å². The topological polar surface area (TPSA) is 50.9 Å². The Morgan fingerprint density at radius 1 is 1.00 bits per heavy atom. The second kappa shape index (κ2) is 7.00. The summed E-state index contributed by atoms with van der Waals surface area (Å²) in [5.41, 5.74) is 3.23. The summed E-state index contributed by atoms with van der Waals surface area (Å²) in [7, 11) is 0. The van der Waals surface area contributed by atoms with Gasteiger partial charge in [0.25, 0.3) is 0 Å². The summed E-state index contributed by atoms with van der Waals surface area (Å²) in [5.74, 6) is 0. The molecule has 112 valence electrons. The lowest BCUT2D eigenvalue weighted by atomic mass is 10.1. The Bertz CT molecular complexity index is 695. The molecule has 0 spiro atoms. The molecule has 0 aliphatic rings. The van der Waals surface area contributed by atoms with Crippen LogP contribution in [0.1, 0.15) is 12.0 Å². The molecule has 4 heteroatoms. The van der Waals surface area contributed by atoms with E-state index in [4.69, 9.17) is 0 Å². The zero-order chi connectivity index (χ0) is 15.2. The molecule has 0 bridgehead atoms. The van der Waals surface area contributed by atoms with Crippen LogP contribution in [0, 0.1) is 0 Å². The van der Waals surface area contributed by atoms with E-state index in [0.717, 1.165) is 24.1 Å². The summed E-state index contributed by atoms with van der Waals surface area (Å²) in [6, 6.07) is 16.1. The third-order valence-electron chi connectivity index (χ3n) is 3.67. The number of aliphatic hydroxyl groups is 1. The van der Waals surface area contributed by atoms with E-state index in [-0.39, 0.29) is 0 Å². The molecule has 1 unspecified atom stereocenters. The summed E-state index contributed by atoms with van der Waals surface area (Å²) in [4.78, 5) is 4.13. The summed E-state index contributed by atoms with van der Waals surface area (Å²) < 4.78 is 1.84.